The van der Waals surface area contributed by atoms with Crippen molar-refractivity contribution in [1.29, 1.82) is 0 Å². The number of para-hydroxylation sites is 1. The topological polar surface area (TPSA) is 67.4 Å². The number of aryl methyl sites for hydroxylation is 1. The van der Waals surface area contributed by atoms with Gasteiger partial charge in [0.1, 0.15) is 6.04 Å². The van der Waals surface area contributed by atoms with Gasteiger partial charge in [0.15, 0.2) is 0 Å². The molecule has 0 saturated heterocycles. The molecule has 0 aromatic heterocycles. The minimum Gasteiger partial charge on any atom is -0.467 e. The van der Waals surface area contributed by atoms with Crippen molar-refractivity contribution in [1.82, 2.24) is 5.32 Å². The Morgan fingerprint density at radius 1 is 1.30 bits per heavy atom. The van der Waals surface area contributed by atoms with E-state index < -0.39 is 12.0 Å². The Labute approximate surface area is 119 Å². The van der Waals surface area contributed by atoms with Crippen LogP contribution in [-0.4, -0.2) is 31.6 Å². The van der Waals surface area contributed by atoms with Crippen LogP contribution in [0.3, 0.4) is 0 Å². The van der Waals surface area contributed by atoms with Crippen molar-refractivity contribution in [2.24, 2.45) is 0 Å². The van der Waals surface area contributed by atoms with Crippen LogP contribution in [0.2, 0.25) is 0 Å². The predicted molar refractivity (Wildman–Crippen MR) is 78.5 cm³/mol. The number of carbonyl (C=O) groups is 2. The van der Waals surface area contributed by atoms with Gasteiger partial charge in [-0.3, -0.25) is 4.79 Å². The fourth-order valence-corrected chi connectivity index (χ4v) is 1.97. The van der Waals surface area contributed by atoms with Gasteiger partial charge in [-0.25, -0.2) is 4.79 Å². The van der Waals surface area contributed by atoms with E-state index in [9.17, 15) is 9.59 Å². The zero-order valence-corrected chi connectivity index (χ0v) is 12.2. The molecule has 5 nitrogen and oxygen atoms in total. The minimum atomic E-state index is -0.688. The third kappa shape index (κ3) is 4.91. The van der Waals surface area contributed by atoms with Gasteiger partial charge in [0.2, 0.25) is 5.91 Å². The molecule has 1 unspecified atom stereocenters. The van der Waals surface area contributed by atoms with E-state index >= 15 is 0 Å². The first-order valence-electron chi connectivity index (χ1n) is 6.75. The SMILES string of the molecule is CCCc1ccccc1NCC(NC(C)=O)C(=O)OC. The first kappa shape index (κ1) is 16.0. The first-order valence-corrected chi connectivity index (χ1v) is 6.75. The highest BCUT2D eigenvalue weighted by Crippen LogP contribution is 2.16. The summed E-state index contributed by atoms with van der Waals surface area (Å²) in [5, 5.41) is 5.78. The second-order valence-corrected chi connectivity index (χ2v) is 4.56. The van der Waals surface area contributed by atoms with Crippen molar-refractivity contribution in [3.8, 4) is 0 Å². The third-order valence-electron chi connectivity index (χ3n) is 2.90. The average Bonchev–Trinajstić information content (AvgIpc) is 2.44. The van der Waals surface area contributed by atoms with E-state index in [-0.39, 0.29) is 5.91 Å². The highest BCUT2D eigenvalue weighted by atomic mass is 16.5. The second kappa shape index (κ2) is 8.19. The minimum absolute atomic E-state index is 0.260. The van der Waals surface area contributed by atoms with Crippen molar-refractivity contribution < 1.29 is 14.3 Å². The lowest BCUT2D eigenvalue weighted by molar-refractivity contribution is -0.144. The van der Waals surface area contributed by atoms with E-state index in [1.807, 2.05) is 18.2 Å². The zero-order chi connectivity index (χ0) is 15.0. The highest BCUT2D eigenvalue weighted by Gasteiger charge is 2.19. The molecule has 110 valence electrons. The molecule has 0 fully saturated rings. The molecule has 0 radical (unpaired) electrons. The van der Waals surface area contributed by atoms with Crippen LogP contribution in [0, 0.1) is 0 Å². The molecule has 0 bridgehead atoms. The van der Waals surface area contributed by atoms with E-state index in [2.05, 4.69) is 28.4 Å². The molecule has 2 N–H and O–H groups in total. The van der Waals surface area contributed by atoms with Crippen LogP contribution >= 0.6 is 0 Å². The van der Waals surface area contributed by atoms with Crippen LogP contribution in [0.4, 0.5) is 5.69 Å². The van der Waals surface area contributed by atoms with Crippen molar-refractivity contribution in [3.05, 3.63) is 29.8 Å². The number of anilines is 1. The Hall–Kier alpha value is -2.04. The summed E-state index contributed by atoms with van der Waals surface area (Å²) in [7, 11) is 1.31. The van der Waals surface area contributed by atoms with Gasteiger partial charge in [-0.15, -0.1) is 0 Å². The lowest BCUT2D eigenvalue weighted by Gasteiger charge is -2.18. The van der Waals surface area contributed by atoms with Gasteiger partial charge in [0, 0.05) is 19.2 Å². The number of benzene rings is 1. The summed E-state index contributed by atoms with van der Waals surface area (Å²) in [6, 6.07) is 7.26. The fourth-order valence-electron chi connectivity index (χ4n) is 1.97. The number of nitrogens with one attached hydrogen (secondary N) is 2. The summed E-state index contributed by atoms with van der Waals surface area (Å²) in [4.78, 5) is 22.7. The van der Waals surface area contributed by atoms with Crippen molar-refractivity contribution >= 4 is 17.6 Å². The van der Waals surface area contributed by atoms with Gasteiger partial charge >= 0.3 is 5.97 Å². The van der Waals surface area contributed by atoms with Gasteiger partial charge in [-0.05, 0) is 18.1 Å². The molecule has 1 rings (SSSR count). The van der Waals surface area contributed by atoms with Gasteiger partial charge < -0.3 is 15.4 Å². The molecule has 0 aliphatic rings. The summed E-state index contributed by atoms with van der Waals surface area (Å²) >= 11 is 0. The Morgan fingerprint density at radius 2 is 2.00 bits per heavy atom. The molecule has 0 aliphatic heterocycles. The Morgan fingerprint density at radius 3 is 2.60 bits per heavy atom. The van der Waals surface area contributed by atoms with E-state index in [1.54, 1.807) is 0 Å². The normalized spacial score (nSPS) is 11.6. The summed E-state index contributed by atoms with van der Waals surface area (Å²) in [5.41, 5.74) is 2.18. The highest BCUT2D eigenvalue weighted by molar-refractivity contribution is 5.83. The van der Waals surface area contributed by atoms with E-state index in [1.165, 1.54) is 19.6 Å². The number of hydrogen-bond donors (Lipinski definition) is 2. The van der Waals surface area contributed by atoms with Crippen LogP contribution in [0.25, 0.3) is 0 Å². The number of ether oxygens (including phenoxy) is 1. The molecule has 5 heteroatoms. The molecule has 1 aromatic carbocycles. The number of rotatable bonds is 7. The Bertz CT molecular complexity index is 460. The van der Waals surface area contributed by atoms with Gasteiger partial charge in [-0.1, -0.05) is 31.5 Å². The summed E-state index contributed by atoms with van der Waals surface area (Å²) in [6.07, 6.45) is 2.01. The average molecular weight is 278 g/mol. The molecular formula is C15H22N2O3. The molecule has 1 amide bonds. The van der Waals surface area contributed by atoms with Crippen molar-refractivity contribution in [3.63, 3.8) is 0 Å². The Balaban J connectivity index is 2.71. The monoisotopic (exact) mass is 278 g/mol. The van der Waals surface area contributed by atoms with Gasteiger partial charge in [0.05, 0.1) is 7.11 Å². The molecular weight excluding hydrogens is 256 g/mol. The van der Waals surface area contributed by atoms with Crippen molar-refractivity contribution in [2.75, 3.05) is 19.0 Å². The maximum absolute atomic E-state index is 11.6. The summed E-state index contributed by atoms with van der Waals surface area (Å²) < 4.78 is 4.69. The largest absolute Gasteiger partial charge is 0.467 e. The number of carbonyl (C=O) groups excluding carboxylic acids is 2. The van der Waals surface area contributed by atoms with Crippen LogP contribution in [0.5, 0.6) is 0 Å². The smallest absolute Gasteiger partial charge is 0.330 e. The van der Waals surface area contributed by atoms with Crippen LogP contribution in [0.15, 0.2) is 24.3 Å². The van der Waals surface area contributed by atoms with Crippen LogP contribution in [-0.2, 0) is 20.7 Å². The number of hydrogen-bond acceptors (Lipinski definition) is 4. The van der Waals surface area contributed by atoms with Gasteiger partial charge in [-0.2, -0.15) is 0 Å². The first-order chi connectivity index (χ1) is 9.58. The summed E-state index contributed by atoms with van der Waals surface area (Å²) in [6.45, 7) is 3.79. The number of methoxy groups -OCH3 is 1. The molecule has 0 aliphatic carbocycles. The predicted octanol–water partition coefficient (Wildman–Crippen LogP) is 1.73. The molecule has 1 aromatic rings. The molecule has 20 heavy (non-hydrogen) atoms. The van der Waals surface area contributed by atoms with Crippen LogP contribution in [0.1, 0.15) is 25.8 Å². The molecule has 0 heterocycles. The lowest BCUT2D eigenvalue weighted by atomic mass is 10.1. The third-order valence-corrected chi connectivity index (χ3v) is 2.90. The number of esters is 1. The van der Waals surface area contributed by atoms with E-state index in [0.29, 0.717) is 6.54 Å². The quantitative estimate of drug-likeness (QED) is 0.745. The van der Waals surface area contributed by atoms with Crippen LogP contribution < -0.4 is 10.6 Å². The van der Waals surface area contributed by atoms with Crippen molar-refractivity contribution in [2.45, 2.75) is 32.7 Å². The maximum Gasteiger partial charge on any atom is 0.330 e. The standard InChI is InChI=1S/C15H22N2O3/c1-4-7-12-8-5-6-9-13(12)16-10-14(15(19)20-3)17-11(2)18/h5-6,8-9,14,16H,4,7,10H2,1-3H3,(H,17,18). The maximum atomic E-state index is 11.6. The zero-order valence-electron chi connectivity index (χ0n) is 12.2. The Kier molecular flexibility index (Phi) is 6.56. The molecule has 1 atom stereocenters. The van der Waals surface area contributed by atoms with E-state index in [4.69, 9.17) is 0 Å². The second-order valence-electron chi connectivity index (χ2n) is 4.56. The molecule has 0 saturated carbocycles. The summed E-state index contributed by atoms with van der Waals surface area (Å²) in [5.74, 6) is -0.718. The fraction of sp³-hybridized carbons (Fsp3) is 0.467. The molecule has 0 spiro atoms. The lowest BCUT2D eigenvalue weighted by Crippen LogP contribution is -2.45. The van der Waals surface area contributed by atoms with E-state index in [0.717, 1.165) is 18.5 Å². The number of amides is 1. The van der Waals surface area contributed by atoms with Gasteiger partial charge in [0.25, 0.3) is 0 Å².